The Bertz CT molecular complexity index is 461. The maximum absolute atomic E-state index is 12.1. The molecule has 1 saturated heterocycles. The van der Waals surface area contributed by atoms with Crippen LogP contribution in [0.1, 0.15) is 12.8 Å². The molecule has 0 bridgehead atoms. The summed E-state index contributed by atoms with van der Waals surface area (Å²) in [5, 5.41) is 10.9. The van der Waals surface area contributed by atoms with Gasteiger partial charge < -0.3 is 15.3 Å². The first-order valence-corrected chi connectivity index (χ1v) is 6.43. The van der Waals surface area contributed by atoms with Crippen molar-refractivity contribution in [3.05, 3.63) is 28.7 Å². The molecule has 0 saturated carbocycles. The fraction of sp³-hybridized carbons (Fsp3) is 0.333. The number of piperidine rings is 1. The molecule has 6 heteroatoms. The summed E-state index contributed by atoms with van der Waals surface area (Å²) in [4.78, 5) is 24.4. The van der Waals surface area contributed by atoms with E-state index >= 15 is 0 Å². The largest absolute Gasteiger partial charge is 0.465 e. The van der Waals surface area contributed by atoms with Crippen molar-refractivity contribution in [1.29, 1.82) is 0 Å². The van der Waals surface area contributed by atoms with E-state index in [1.54, 1.807) is 4.90 Å². The zero-order valence-electron chi connectivity index (χ0n) is 9.60. The molecule has 1 heterocycles. The average molecular weight is 313 g/mol. The van der Waals surface area contributed by atoms with Crippen LogP contribution in [0.25, 0.3) is 0 Å². The quantitative estimate of drug-likeness (QED) is 0.879. The predicted molar refractivity (Wildman–Crippen MR) is 70.7 cm³/mol. The highest BCUT2D eigenvalue weighted by Gasteiger charge is 2.30. The first-order chi connectivity index (χ1) is 8.58. The summed E-state index contributed by atoms with van der Waals surface area (Å²) in [7, 11) is 0. The Labute approximate surface area is 113 Å². The van der Waals surface area contributed by atoms with Crippen molar-refractivity contribution < 1.29 is 14.7 Å². The molecule has 0 radical (unpaired) electrons. The van der Waals surface area contributed by atoms with Crippen molar-refractivity contribution in [2.45, 2.75) is 18.9 Å². The molecule has 0 spiro atoms. The lowest BCUT2D eigenvalue weighted by Crippen LogP contribution is -2.52. The third kappa shape index (κ3) is 2.81. The van der Waals surface area contributed by atoms with Crippen molar-refractivity contribution in [1.82, 2.24) is 5.32 Å². The summed E-state index contributed by atoms with van der Waals surface area (Å²) in [6.45, 7) is 0.623. The third-order valence-electron chi connectivity index (χ3n) is 2.87. The van der Waals surface area contributed by atoms with E-state index in [4.69, 9.17) is 5.11 Å². The second-order valence-electron chi connectivity index (χ2n) is 4.11. The van der Waals surface area contributed by atoms with Crippen molar-refractivity contribution >= 4 is 33.6 Å². The lowest BCUT2D eigenvalue weighted by Gasteiger charge is -2.32. The van der Waals surface area contributed by atoms with E-state index in [1.807, 2.05) is 24.3 Å². The maximum atomic E-state index is 12.1. The standard InChI is InChI=1S/C12H13BrN2O3/c13-8-3-5-9(6-4-8)15-7-1-2-10(11(15)16)14-12(17)18/h3-6,10,14H,1-2,7H2,(H,17,18). The molecule has 1 aromatic rings. The van der Waals surface area contributed by atoms with Gasteiger partial charge in [0.2, 0.25) is 5.91 Å². The summed E-state index contributed by atoms with van der Waals surface area (Å²) >= 11 is 3.34. The van der Waals surface area contributed by atoms with Gasteiger partial charge >= 0.3 is 6.09 Å². The number of carbonyl (C=O) groups is 2. The number of amides is 2. The molecule has 18 heavy (non-hydrogen) atoms. The minimum Gasteiger partial charge on any atom is -0.465 e. The number of nitrogens with one attached hydrogen (secondary N) is 1. The Balaban J connectivity index is 2.15. The summed E-state index contributed by atoms with van der Waals surface area (Å²) in [5.74, 6) is -0.189. The average Bonchev–Trinajstić information content (AvgIpc) is 2.33. The topological polar surface area (TPSA) is 69.6 Å². The summed E-state index contributed by atoms with van der Waals surface area (Å²) in [6, 6.07) is 6.75. The number of anilines is 1. The number of hydrogen-bond acceptors (Lipinski definition) is 2. The molecule has 0 aromatic heterocycles. The zero-order chi connectivity index (χ0) is 13.1. The fourth-order valence-electron chi connectivity index (χ4n) is 2.04. The number of nitrogens with zero attached hydrogens (tertiary/aromatic N) is 1. The van der Waals surface area contributed by atoms with Gasteiger partial charge in [0.25, 0.3) is 0 Å². The van der Waals surface area contributed by atoms with Crippen LogP contribution in [0, 0.1) is 0 Å². The van der Waals surface area contributed by atoms with Crippen LogP contribution in [0.2, 0.25) is 0 Å². The van der Waals surface area contributed by atoms with Crippen molar-refractivity contribution in [3.63, 3.8) is 0 Å². The smallest absolute Gasteiger partial charge is 0.405 e. The first-order valence-electron chi connectivity index (χ1n) is 5.64. The Morgan fingerprint density at radius 2 is 2.06 bits per heavy atom. The highest BCUT2D eigenvalue weighted by Crippen LogP contribution is 2.23. The predicted octanol–water partition coefficient (Wildman–Crippen LogP) is 2.21. The third-order valence-corrected chi connectivity index (χ3v) is 3.40. The Morgan fingerprint density at radius 1 is 1.39 bits per heavy atom. The minimum absolute atomic E-state index is 0.189. The van der Waals surface area contributed by atoms with Crippen molar-refractivity contribution in [2.24, 2.45) is 0 Å². The molecule has 1 aliphatic rings. The van der Waals surface area contributed by atoms with Gasteiger partial charge in [-0.05, 0) is 37.1 Å². The lowest BCUT2D eigenvalue weighted by molar-refractivity contribution is -0.121. The van der Waals surface area contributed by atoms with Crippen LogP contribution in [-0.4, -0.2) is 29.7 Å². The summed E-state index contributed by atoms with van der Waals surface area (Å²) < 4.78 is 0.941. The maximum Gasteiger partial charge on any atom is 0.405 e. The number of rotatable bonds is 2. The zero-order valence-corrected chi connectivity index (χ0v) is 11.2. The second kappa shape index (κ2) is 5.39. The highest BCUT2D eigenvalue weighted by atomic mass is 79.9. The van der Waals surface area contributed by atoms with Gasteiger partial charge in [-0.3, -0.25) is 4.79 Å². The SMILES string of the molecule is O=C(O)NC1CCCN(c2ccc(Br)cc2)C1=O. The van der Waals surface area contributed by atoms with Gasteiger partial charge in [0.1, 0.15) is 6.04 Å². The van der Waals surface area contributed by atoms with Crippen LogP contribution >= 0.6 is 15.9 Å². The summed E-state index contributed by atoms with van der Waals surface area (Å²) in [5.41, 5.74) is 0.792. The molecule has 1 aliphatic heterocycles. The molecule has 96 valence electrons. The molecule has 1 aromatic carbocycles. The van der Waals surface area contributed by atoms with Crippen LogP contribution in [0.3, 0.4) is 0 Å². The minimum atomic E-state index is -1.16. The van der Waals surface area contributed by atoms with E-state index < -0.39 is 12.1 Å². The van der Waals surface area contributed by atoms with Crippen molar-refractivity contribution in [2.75, 3.05) is 11.4 Å². The number of carbonyl (C=O) groups excluding carboxylic acids is 1. The summed E-state index contributed by atoms with van der Waals surface area (Å²) in [6.07, 6.45) is 0.177. The van der Waals surface area contributed by atoms with Gasteiger partial charge in [0.15, 0.2) is 0 Å². The molecule has 2 rings (SSSR count). The van der Waals surface area contributed by atoms with Gasteiger partial charge in [0.05, 0.1) is 0 Å². The van der Waals surface area contributed by atoms with Crippen molar-refractivity contribution in [3.8, 4) is 0 Å². The number of hydrogen-bond donors (Lipinski definition) is 2. The van der Waals surface area contributed by atoms with E-state index in [-0.39, 0.29) is 5.91 Å². The molecule has 2 amide bonds. The van der Waals surface area contributed by atoms with Crippen LogP contribution in [0.5, 0.6) is 0 Å². The van der Waals surface area contributed by atoms with Gasteiger partial charge in [-0.2, -0.15) is 0 Å². The normalized spacial score (nSPS) is 19.7. The van der Waals surface area contributed by atoms with Crippen LogP contribution < -0.4 is 10.2 Å². The molecule has 1 unspecified atom stereocenters. The molecule has 0 aliphatic carbocycles. The Hall–Kier alpha value is -1.56. The van der Waals surface area contributed by atoms with Gasteiger partial charge in [0, 0.05) is 16.7 Å². The Kier molecular flexibility index (Phi) is 3.86. The van der Waals surface area contributed by atoms with E-state index in [1.165, 1.54) is 0 Å². The van der Waals surface area contributed by atoms with E-state index in [9.17, 15) is 9.59 Å². The van der Waals surface area contributed by atoms with E-state index in [0.717, 1.165) is 16.6 Å². The van der Waals surface area contributed by atoms with E-state index in [2.05, 4.69) is 21.2 Å². The fourth-order valence-corrected chi connectivity index (χ4v) is 2.30. The van der Waals surface area contributed by atoms with Crippen LogP contribution in [0.4, 0.5) is 10.5 Å². The molecular formula is C12H13BrN2O3. The Morgan fingerprint density at radius 3 is 2.67 bits per heavy atom. The molecular weight excluding hydrogens is 300 g/mol. The highest BCUT2D eigenvalue weighted by molar-refractivity contribution is 9.10. The first kappa shape index (κ1) is 12.9. The monoisotopic (exact) mass is 312 g/mol. The molecule has 1 fully saturated rings. The van der Waals surface area contributed by atoms with E-state index in [0.29, 0.717) is 13.0 Å². The second-order valence-corrected chi connectivity index (χ2v) is 5.03. The van der Waals surface area contributed by atoms with Crippen LogP contribution in [0.15, 0.2) is 28.7 Å². The number of benzene rings is 1. The lowest BCUT2D eigenvalue weighted by atomic mass is 10.0. The van der Waals surface area contributed by atoms with Crippen LogP contribution in [-0.2, 0) is 4.79 Å². The van der Waals surface area contributed by atoms with Gasteiger partial charge in [-0.25, -0.2) is 4.79 Å². The molecule has 1 atom stereocenters. The van der Waals surface area contributed by atoms with Gasteiger partial charge in [-0.15, -0.1) is 0 Å². The molecule has 2 N–H and O–H groups in total. The molecule has 5 nitrogen and oxygen atoms in total. The number of halogens is 1. The number of carboxylic acid groups (broad SMARTS) is 1. The van der Waals surface area contributed by atoms with Gasteiger partial charge in [-0.1, -0.05) is 15.9 Å².